The van der Waals surface area contributed by atoms with Crippen LogP contribution in [0.3, 0.4) is 0 Å². The highest BCUT2D eigenvalue weighted by molar-refractivity contribution is 5.76. The molecule has 3 heterocycles. The molecule has 170 valence electrons. The first kappa shape index (κ1) is 21.0. The van der Waals surface area contributed by atoms with E-state index in [1.165, 1.54) is 6.33 Å². The second-order valence-electron chi connectivity index (χ2n) is 8.14. The first-order valence-corrected chi connectivity index (χ1v) is 10.8. The van der Waals surface area contributed by atoms with E-state index in [1.54, 1.807) is 0 Å². The first-order chi connectivity index (χ1) is 16.1. The molecule has 1 saturated heterocycles. The molecule has 9 heteroatoms. The van der Waals surface area contributed by atoms with Crippen molar-refractivity contribution in [1.82, 2.24) is 9.97 Å². The van der Waals surface area contributed by atoms with Gasteiger partial charge in [-0.25, -0.2) is 9.97 Å². The molecular weight excluding hydrogens is 425 g/mol. The number of hydrogen-bond donors (Lipinski definition) is 2. The number of halogens is 1. The van der Waals surface area contributed by atoms with Gasteiger partial charge in [0.2, 0.25) is 18.5 Å². The molecule has 1 atom stereocenters. The highest BCUT2D eigenvalue weighted by Crippen LogP contribution is 2.41. The van der Waals surface area contributed by atoms with E-state index in [1.807, 2.05) is 47.4 Å². The van der Waals surface area contributed by atoms with Crippen LogP contribution < -0.4 is 25.4 Å². The van der Waals surface area contributed by atoms with Gasteiger partial charge in [-0.15, -0.1) is 0 Å². The third kappa shape index (κ3) is 4.39. The number of nitrogens with zero attached hydrogens (tertiary/aromatic N) is 3. The normalized spacial score (nSPS) is 16.8. The molecule has 1 amide bonds. The highest BCUT2D eigenvalue weighted by Gasteiger charge is 2.31. The number of ether oxygens (including phenoxy) is 2. The fraction of sp³-hybridized carbons (Fsp3) is 0.292. The molecule has 33 heavy (non-hydrogen) atoms. The predicted molar refractivity (Wildman–Crippen MR) is 121 cm³/mol. The van der Waals surface area contributed by atoms with Crippen molar-refractivity contribution in [2.75, 3.05) is 23.6 Å². The van der Waals surface area contributed by atoms with Gasteiger partial charge in [0.1, 0.15) is 6.33 Å². The lowest BCUT2D eigenvalue weighted by Crippen LogP contribution is -2.25. The summed E-state index contributed by atoms with van der Waals surface area (Å²) in [5.74, 6) is 1.02. The van der Waals surface area contributed by atoms with Gasteiger partial charge in [0, 0.05) is 13.1 Å². The van der Waals surface area contributed by atoms with Crippen molar-refractivity contribution in [2.24, 2.45) is 5.73 Å². The van der Waals surface area contributed by atoms with Crippen molar-refractivity contribution < 1.29 is 18.7 Å². The van der Waals surface area contributed by atoms with Crippen molar-refractivity contribution >= 4 is 17.5 Å². The Morgan fingerprint density at radius 3 is 2.73 bits per heavy atom. The fourth-order valence-electron chi connectivity index (χ4n) is 4.33. The Morgan fingerprint density at radius 2 is 1.91 bits per heavy atom. The molecule has 2 aliphatic rings. The van der Waals surface area contributed by atoms with Crippen molar-refractivity contribution in [3.8, 4) is 11.5 Å². The molecule has 2 aromatic carbocycles. The van der Waals surface area contributed by atoms with E-state index in [2.05, 4.69) is 15.3 Å². The highest BCUT2D eigenvalue weighted by atomic mass is 19.1. The lowest BCUT2D eigenvalue weighted by Gasteiger charge is -2.27. The number of aromatic nitrogens is 2. The van der Waals surface area contributed by atoms with Gasteiger partial charge in [-0.1, -0.05) is 30.3 Å². The van der Waals surface area contributed by atoms with Crippen LogP contribution in [0.5, 0.6) is 11.5 Å². The van der Waals surface area contributed by atoms with Crippen LogP contribution >= 0.6 is 0 Å². The zero-order valence-electron chi connectivity index (χ0n) is 18.0. The van der Waals surface area contributed by atoms with Gasteiger partial charge in [-0.3, -0.25) is 4.79 Å². The second-order valence-corrected chi connectivity index (χ2v) is 8.14. The zero-order valence-corrected chi connectivity index (χ0v) is 18.0. The Balaban J connectivity index is 1.32. The summed E-state index contributed by atoms with van der Waals surface area (Å²) in [5, 5.41) is 3.06. The monoisotopic (exact) mass is 449 g/mol. The van der Waals surface area contributed by atoms with Gasteiger partial charge in [0.25, 0.3) is 0 Å². The molecule has 0 aliphatic carbocycles. The van der Waals surface area contributed by atoms with Crippen molar-refractivity contribution in [1.29, 1.82) is 0 Å². The van der Waals surface area contributed by atoms with Crippen LogP contribution in [0.2, 0.25) is 0 Å². The van der Waals surface area contributed by atoms with Crippen LogP contribution in [0.1, 0.15) is 35.6 Å². The third-order valence-electron chi connectivity index (χ3n) is 5.94. The SMILES string of the molecule is NC(=O)Cc1ccc(CNc2ncnc(N3CCCC3c3ccc4c(c3)OCO4)c2F)cc1. The van der Waals surface area contributed by atoms with E-state index in [4.69, 9.17) is 15.2 Å². The van der Waals surface area contributed by atoms with Gasteiger partial charge in [-0.05, 0) is 41.7 Å². The maximum absolute atomic E-state index is 15.4. The van der Waals surface area contributed by atoms with Crippen molar-refractivity contribution in [3.63, 3.8) is 0 Å². The Bertz CT molecular complexity index is 1170. The number of nitrogens with two attached hydrogens (primary N) is 1. The number of amides is 1. The van der Waals surface area contributed by atoms with Crippen LogP contribution in [-0.2, 0) is 17.8 Å². The average Bonchev–Trinajstić information content (AvgIpc) is 3.48. The lowest BCUT2D eigenvalue weighted by molar-refractivity contribution is -0.117. The molecule has 0 saturated carbocycles. The molecule has 1 fully saturated rings. The van der Waals surface area contributed by atoms with Gasteiger partial charge < -0.3 is 25.4 Å². The summed E-state index contributed by atoms with van der Waals surface area (Å²) in [6, 6.07) is 13.3. The van der Waals surface area contributed by atoms with Crippen molar-refractivity contribution in [3.05, 3.63) is 71.3 Å². The lowest BCUT2D eigenvalue weighted by atomic mass is 10.0. The minimum atomic E-state index is -0.476. The van der Waals surface area contributed by atoms with E-state index in [0.29, 0.717) is 18.8 Å². The second kappa shape index (κ2) is 8.93. The zero-order chi connectivity index (χ0) is 22.8. The average molecular weight is 449 g/mol. The summed E-state index contributed by atoms with van der Waals surface area (Å²) in [4.78, 5) is 21.4. The van der Waals surface area contributed by atoms with Gasteiger partial charge in [0.15, 0.2) is 23.1 Å². The molecule has 0 spiro atoms. The largest absolute Gasteiger partial charge is 0.454 e. The van der Waals surface area contributed by atoms with Crippen LogP contribution in [0.15, 0.2) is 48.8 Å². The molecule has 5 rings (SSSR count). The fourth-order valence-corrected chi connectivity index (χ4v) is 4.33. The van der Waals surface area contributed by atoms with Gasteiger partial charge >= 0.3 is 0 Å². The molecule has 2 aliphatic heterocycles. The molecule has 1 unspecified atom stereocenters. The quantitative estimate of drug-likeness (QED) is 0.570. The number of hydrogen-bond acceptors (Lipinski definition) is 7. The summed E-state index contributed by atoms with van der Waals surface area (Å²) in [6.45, 7) is 1.31. The number of fused-ring (bicyclic) bond motifs is 1. The summed E-state index contributed by atoms with van der Waals surface area (Å²) in [6.07, 6.45) is 3.40. The maximum Gasteiger partial charge on any atom is 0.231 e. The Hall–Kier alpha value is -3.88. The van der Waals surface area contributed by atoms with E-state index in [9.17, 15) is 4.79 Å². The third-order valence-corrected chi connectivity index (χ3v) is 5.94. The minimum absolute atomic E-state index is 0.00505. The van der Waals surface area contributed by atoms with E-state index < -0.39 is 5.82 Å². The minimum Gasteiger partial charge on any atom is -0.454 e. The maximum atomic E-state index is 15.4. The smallest absolute Gasteiger partial charge is 0.231 e. The number of benzene rings is 2. The molecular formula is C24H24FN5O3. The van der Waals surface area contributed by atoms with Crippen LogP contribution in [-0.4, -0.2) is 29.2 Å². The molecule has 3 aromatic rings. The molecule has 1 aromatic heterocycles. The number of primary amides is 1. The summed E-state index contributed by atoms with van der Waals surface area (Å²) < 4.78 is 26.3. The topological polar surface area (TPSA) is 103 Å². The Labute approximate surface area is 190 Å². The van der Waals surface area contributed by atoms with E-state index in [-0.39, 0.29) is 36.8 Å². The number of rotatable bonds is 7. The molecule has 0 radical (unpaired) electrons. The molecule has 0 bridgehead atoms. The van der Waals surface area contributed by atoms with Gasteiger partial charge in [-0.2, -0.15) is 4.39 Å². The van der Waals surface area contributed by atoms with Crippen molar-refractivity contribution in [2.45, 2.75) is 31.8 Å². The standard InChI is InChI=1S/C24H24FN5O3/c25-22-23(27-12-16-5-3-15(4-6-16)10-21(26)31)28-13-29-24(22)30-9-1-2-18(30)17-7-8-19-20(11-17)33-14-32-19/h3-8,11,13,18H,1-2,9-10,12,14H2,(H2,26,31)(H,27,28,29). The number of carbonyl (C=O) groups is 1. The summed E-state index contributed by atoms with van der Waals surface area (Å²) in [7, 11) is 0. The van der Waals surface area contributed by atoms with Crippen LogP contribution in [0, 0.1) is 5.82 Å². The first-order valence-electron chi connectivity index (χ1n) is 10.8. The number of nitrogens with one attached hydrogen (secondary N) is 1. The molecule has 3 N–H and O–H groups in total. The summed E-state index contributed by atoms with van der Waals surface area (Å²) in [5.41, 5.74) is 8.04. The van der Waals surface area contributed by atoms with Crippen LogP contribution in [0.4, 0.5) is 16.0 Å². The Morgan fingerprint density at radius 1 is 1.12 bits per heavy atom. The molecule has 8 nitrogen and oxygen atoms in total. The predicted octanol–water partition coefficient (Wildman–Crippen LogP) is 3.33. The summed E-state index contributed by atoms with van der Waals surface area (Å²) >= 11 is 0. The van der Waals surface area contributed by atoms with E-state index >= 15 is 4.39 Å². The van der Waals surface area contributed by atoms with Gasteiger partial charge in [0.05, 0.1) is 12.5 Å². The number of carbonyl (C=O) groups excluding carboxylic acids is 1. The Kier molecular flexibility index (Phi) is 5.68. The van der Waals surface area contributed by atoms with E-state index in [0.717, 1.165) is 35.3 Å². The van der Waals surface area contributed by atoms with Crippen LogP contribution in [0.25, 0.3) is 0 Å². The number of anilines is 2.